The largest absolute Gasteiger partial charge is 0.302 e. The van der Waals surface area contributed by atoms with Gasteiger partial charge in [-0.25, -0.2) is 4.98 Å². The molecule has 0 fully saturated rings. The number of hydrogen-bond acceptors (Lipinski definition) is 4. The summed E-state index contributed by atoms with van der Waals surface area (Å²) in [6.45, 7) is 5.62. The van der Waals surface area contributed by atoms with Gasteiger partial charge in [0.25, 0.3) is 0 Å². The molecule has 0 unspecified atom stereocenters. The predicted octanol–water partition coefficient (Wildman–Crippen LogP) is 3.19. The molecule has 0 aliphatic rings. The van der Waals surface area contributed by atoms with Crippen molar-refractivity contribution in [3.8, 4) is 11.3 Å². The van der Waals surface area contributed by atoms with Crippen molar-refractivity contribution >= 4 is 22.4 Å². The zero-order chi connectivity index (χ0) is 13.2. The summed E-state index contributed by atoms with van der Waals surface area (Å²) in [5.74, 6) is -0.0295. The van der Waals surface area contributed by atoms with Crippen LogP contribution in [0.3, 0.4) is 0 Å². The van der Waals surface area contributed by atoms with E-state index in [-0.39, 0.29) is 5.91 Å². The number of aromatic nitrogens is 2. The van der Waals surface area contributed by atoms with Gasteiger partial charge in [0, 0.05) is 28.8 Å². The van der Waals surface area contributed by atoms with Crippen LogP contribution in [0.1, 0.15) is 20.8 Å². The number of thiazole rings is 1. The maximum Gasteiger partial charge on any atom is 0.231 e. The van der Waals surface area contributed by atoms with E-state index in [4.69, 9.17) is 0 Å². The van der Waals surface area contributed by atoms with Crippen molar-refractivity contribution in [2.45, 2.75) is 20.8 Å². The molecule has 0 aliphatic carbocycles. The van der Waals surface area contributed by atoms with Gasteiger partial charge >= 0.3 is 0 Å². The molecule has 1 N–H and O–H groups in total. The summed E-state index contributed by atoms with van der Waals surface area (Å²) < 4.78 is 0. The second kappa shape index (κ2) is 4.86. The van der Waals surface area contributed by atoms with Crippen molar-refractivity contribution in [2.24, 2.45) is 5.41 Å². The molecule has 0 atom stereocenters. The van der Waals surface area contributed by atoms with Crippen LogP contribution in [0.4, 0.5) is 5.13 Å². The molecule has 0 radical (unpaired) electrons. The van der Waals surface area contributed by atoms with Crippen molar-refractivity contribution in [1.82, 2.24) is 9.97 Å². The van der Waals surface area contributed by atoms with Gasteiger partial charge in [-0.2, -0.15) is 0 Å². The molecule has 2 heterocycles. The van der Waals surface area contributed by atoms with Crippen molar-refractivity contribution in [3.05, 3.63) is 29.9 Å². The molecule has 0 aromatic carbocycles. The fourth-order valence-corrected chi connectivity index (χ4v) is 1.99. The Hall–Kier alpha value is -1.75. The lowest BCUT2D eigenvalue weighted by Crippen LogP contribution is -2.27. The zero-order valence-corrected chi connectivity index (χ0v) is 11.4. The Bertz CT molecular complexity index is 543. The van der Waals surface area contributed by atoms with Crippen LogP contribution in [0.15, 0.2) is 29.9 Å². The smallest absolute Gasteiger partial charge is 0.231 e. The highest BCUT2D eigenvalue weighted by atomic mass is 32.1. The quantitative estimate of drug-likeness (QED) is 0.903. The van der Waals surface area contributed by atoms with Crippen LogP contribution in [0.25, 0.3) is 11.3 Å². The number of anilines is 1. The van der Waals surface area contributed by atoms with Gasteiger partial charge in [-0.05, 0) is 12.1 Å². The maximum absolute atomic E-state index is 11.8. The SMILES string of the molecule is CC(C)(C)C(=O)Nc1nc(-c2ccncc2)cs1. The minimum atomic E-state index is -0.414. The molecule has 4 nitrogen and oxygen atoms in total. The lowest BCUT2D eigenvalue weighted by molar-refractivity contribution is -0.123. The molecule has 0 saturated heterocycles. The molecule has 18 heavy (non-hydrogen) atoms. The van der Waals surface area contributed by atoms with Crippen LogP contribution >= 0.6 is 11.3 Å². The van der Waals surface area contributed by atoms with Crippen LogP contribution < -0.4 is 5.32 Å². The van der Waals surface area contributed by atoms with Crippen LogP contribution in [-0.4, -0.2) is 15.9 Å². The Morgan fingerprint density at radius 1 is 1.28 bits per heavy atom. The molecular formula is C13H15N3OS. The Morgan fingerprint density at radius 2 is 1.94 bits per heavy atom. The highest BCUT2D eigenvalue weighted by Gasteiger charge is 2.22. The van der Waals surface area contributed by atoms with E-state index in [1.165, 1.54) is 11.3 Å². The molecule has 1 amide bonds. The van der Waals surface area contributed by atoms with E-state index in [0.717, 1.165) is 11.3 Å². The number of hydrogen-bond donors (Lipinski definition) is 1. The van der Waals surface area contributed by atoms with Crippen molar-refractivity contribution in [1.29, 1.82) is 0 Å². The predicted molar refractivity (Wildman–Crippen MR) is 73.4 cm³/mol. The molecule has 2 aromatic heterocycles. The van der Waals surface area contributed by atoms with Crippen molar-refractivity contribution in [2.75, 3.05) is 5.32 Å². The minimum absolute atomic E-state index is 0.0295. The first-order valence-electron chi connectivity index (χ1n) is 5.64. The third-order valence-corrected chi connectivity index (χ3v) is 3.14. The second-order valence-corrected chi connectivity index (χ2v) is 5.84. The molecule has 0 spiro atoms. The molecule has 2 aromatic rings. The molecule has 0 aliphatic heterocycles. The third-order valence-electron chi connectivity index (χ3n) is 2.38. The second-order valence-electron chi connectivity index (χ2n) is 4.98. The summed E-state index contributed by atoms with van der Waals surface area (Å²) in [6.07, 6.45) is 3.45. The number of amides is 1. The third kappa shape index (κ3) is 2.92. The summed E-state index contributed by atoms with van der Waals surface area (Å²) in [6, 6.07) is 3.79. The topological polar surface area (TPSA) is 54.9 Å². The number of carbonyl (C=O) groups is 1. The maximum atomic E-state index is 11.8. The number of carbonyl (C=O) groups excluding carboxylic acids is 1. The zero-order valence-electron chi connectivity index (χ0n) is 10.6. The first kappa shape index (κ1) is 12.7. The van der Waals surface area contributed by atoms with E-state index in [9.17, 15) is 4.79 Å². The Kier molecular flexibility index (Phi) is 3.43. The minimum Gasteiger partial charge on any atom is -0.302 e. The van der Waals surface area contributed by atoms with Gasteiger partial charge in [-0.1, -0.05) is 20.8 Å². The summed E-state index contributed by atoms with van der Waals surface area (Å²) >= 11 is 1.43. The van der Waals surface area contributed by atoms with Gasteiger partial charge in [-0.15, -0.1) is 11.3 Å². The van der Waals surface area contributed by atoms with E-state index in [1.54, 1.807) is 12.4 Å². The monoisotopic (exact) mass is 261 g/mol. The van der Waals surface area contributed by atoms with Gasteiger partial charge in [0.15, 0.2) is 5.13 Å². The summed E-state index contributed by atoms with van der Waals surface area (Å²) in [5, 5.41) is 5.38. The fraction of sp³-hybridized carbons (Fsp3) is 0.308. The van der Waals surface area contributed by atoms with Gasteiger partial charge < -0.3 is 5.32 Å². The molecule has 2 rings (SSSR count). The number of nitrogens with zero attached hydrogens (tertiary/aromatic N) is 2. The van der Waals surface area contributed by atoms with Crippen LogP contribution in [0.5, 0.6) is 0 Å². The van der Waals surface area contributed by atoms with Crippen LogP contribution in [0.2, 0.25) is 0 Å². The highest BCUT2D eigenvalue weighted by molar-refractivity contribution is 7.14. The normalized spacial score (nSPS) is 11.3. The van der Waals surface area contributed by atoms with E-state index < -0.39 is 5.41 Å². The Labute approximate surface area is 110 Å². The Balaban J connectivity index is 2.15. The van der Waals surface area contributed by atoms with Gasteiger partial charge in [-0.3, -0.25) is 9.78 Å². The molecule has 94 valence electrons. The van der Waals surface area contributed by atoms with E-state index in [1.807, 2.05) is 38.3 Å². The highest BCUT2D eigenvalue weighted by Crippen LogP contribution is 2.25. The molecular weight excluding hydrogens is 246 g/mol. The van der Waals surface area contributed by atoms with E-state index >= 15 is 0 Å². The summed E-state index contributed by atoms with van der Waals surface area (Å²) in [7, 11) is 0. The van der Waals surface area contributed by atoms with Crippen LogP contribution in [0, 0.1) is 5.41 Å². The lowest BCUT2D eigenvalue weighted by Gasteiger charge is -2.15. The van der Waals surface area contributed by atoms with Crippen LogP contribution in [-0.2, 0) is 4.79 Å². The number of rotatable bonds is 2. The molecule has 5 heteroatoms. The molecule has 0 bridgehead atoms. The van der Waals surface area contributed by atoms with Crippen molar-refractivity contribution < 1.29 is 4.79 Å². The number of pyridine rings is 1. The average Bonchev–Trinajstić information content (AvgIpc) is 2.77. The average molecular weight is 261 g/mol. The summed E-state index contributed by atoms with van der Waals surface area (Å²) in [5.41, 5.74) is 1.44. The van der Waals surface area contributed by atoms with Crippen molar-refractivity contribution in [3.63, 3.8) is 0 Å². The Morgan fingerprint density at radius 3 is 2.56 bits per heavy atom. The van der Waals surface area contributed by atoms with Gasteiger partial charge in [0.2, 0.25) is 5.91 Å². The fourth-order valence-electron chi connectivity index (χ4n) is 1.27. The van der Waals surface area contributed by atoms with E-state index in [0.29, 0.717) is 5.13 Å². The first-order chi connectivity index (χ1) is 8.47. The van der Waals surface area contributed by atoms with Gasteiger partial charge in [0.05, 0.1) is 5.69 Å². The summed E-state index contributed by atoms with van der Waals surface area (Å²) in [4.78, 5) is 20.2. The van der Waals surface area contributed by atoms with Gasteiger partial charge in [0.1, 0.15) is 0 Å². The van der Waals surface area contributed by atoms with E-state index in [2.05, 4.69) is 15.3 Å². The number of nitrogens with one attached hydrogen (secondary N) is 1. The standard InChI is InChI=1S/C13H15N3OS/c1-13(2,3)11(17)16-12-15-10(8-18-12)9-4-6-14-7-5-9/h4-8H,1-3H3,(H,15,16,17). The first-order valence-corrected chi connectivity index (χ1v) is 6.52. The molecule has 0 saturated carbocycles. The lowest BCUT2D eigenvalue weighted by atomic mass is 9.96.